The minimum Gasteiger partial charge on any atom is -0.479 e. The van der Waals surface area contributed by atoms with Gasteiger partial charge in [0.15, 0.2) is 22.2 Å². The van der Waals surface area contributed by atoms with Gasteiger partial charge in [0.1, 0.15) is 32.4 Å². The summed E-state index contributed by atoms with van der Waals surface area (Å²) in [5.74, 6) is -0.983. The fraction of sp³-hybridized carbons (Fsp3) is 0.406. The van der Waals surface area contributed by atoms with Gasteiger partial charge in [-0.2, -0.15) is 0 Å². The average Bonchev–Trinajstić information content (AvgIpc) is 1.67. The molecule has 0 spiro atoms. The molecule has 1 N–H and O–H groups in total. The van der Waals surface area contributed by atoms with Crippen molar-refractivity contribution in [1.82, 2.24) is 34.8 Å². The molecule has 0 bridgehead atoms. The summed E-state index contributed by atoms with van der Waals surface area (Å²) < 4.78 is 38.2. The summed E-state index contributed by atoms with van der Waals surface area (Å²) in [4.78, 5) is 71.7. The number of pyridine rings is 3. The summed E-state index contributed by atoms with van der Waals surface area (Å²) in [5, 5.41) is 14.8. The molecular formula is C96H112BrCl5N8O9S3Sn. The molecule has 3 atom stereocenters. The third-order valence-corrected chi connectivity index (χ3v) is 41.0. The van der Waals surface area contributed by atoms with E-state index in [0.29, 0.717) is 42.7 Å². The molecule has 123 heavy (non-hydrogen) atoms. The van der Waals surface area contributed by atoms with Crippen LogP contribution in [0.4, 0.5) is 5.82 Å². The van der Waals surface area contributed by atoms with Crippen LogP contribution in [0.25, 0.3) is 85.4 Å². The maximum Gasteiger partial charge on any atom is 0.339 e. The molecule has 1 saturated heterocycles. The largest absolute Gasteiger partial charge is 0.479 e. The number of halogens is 6. The number of methoxy groups -OCH3 is 2. The number of rotatable bonds is 26. The Kier molecular flexibility index (Phi) is 35.1. The second-order valence-electron chi connectivity index (χ2n) is 34.0. The molecule has 13 rings (SSSR count). The van der Waals surface area contributed by atoms with Gasteiger partial charge >= 0.3 is 153 Å². The minimum absolute atomic E-state index is 0.399. The van der Waals surface area contributed by atoms with Crippen molar-refractivity contribution in [3.8, 4) is 54.8 Å². The molecule has 0 amide bonds. The fourth-order valence-electron chi connectivity index (χ4n) is 15.2. The number of aromatic nitrogens is 6. The van der Waals surface area contributed by atoms with E-state index < -0.39 is 71.4 Å². The van der Waals surface area contributed by atoms with E-state index in [1.54, 1.807) is 6.07 Å². The first-order chi connectivity index (χ1) is 58.3. The monoisotopic (exact) mass is 1990 g/mol. The number of hydrogen-bond donors (Lipinski definition) is 1. The molecule has 1 aliphatic heterocycles. The SMILES string of the molecule is CCC[CH2][Sn]([CH2]CCC)([CH2]CCC)[c]1cccc(Cl)n1.COC(=O)[C@@H](OC(C)(C)C)c1c(C)cc2nc(-c3cccc(Cl)n3)sc2c1-c1ccc(Cl)cc1.COC(=O)[C@@H](OC(C)(C)C)c1c(C)cc2nc(Br)sc2c1-c1ccc(Cl)cc1.Cc1cc2nc(-c3cccc(N4CCN(C(C)C)CC4)n3)sc2c(-c2ccc(Cl)cc2)c1[C@H](OC(C)(C)C)C(=O)O. The van der Waals surface area contributed by atoms with Gasteiger partial charge in [0.25, 0.3) is 0 Å². The quantitative estimate of drug-likeness (QED) is 0.0304. The topological polar surface area (TPSA) is 201 Å². The zero-order chi connectivity index (χ0) is 89.6. The predicted octanol–water partition coefficient (Wildman–Crippen LogP) is 27.6. The van der Waals surface area contributed by atoms with Crippen LogP contribution in [0.5, 0.6) is 0 Å². The third kappa shape index (κ3) is 25.8. The molecule has 1 aliphatic rings. The Morgan fingerprint density at radius 1 is 0.472 bits per heavy atom. The molecule has 1 fully saturated rings. The van der Waals surface area contributed by atoms with Crippen LogP contribution in [0.1, 0.15) is 187 Å². The number of thiazole rings is 3. The molecule has 654 valence electrons. The van der Waals surface area contributed by atoms with Crippen molar-refractivity contribution >= 4 is 184 Å². The summed E-state index contributed by atoms with van der Waals surface area (Å²) in [6.45, 7) is 38.2. The molecule has 12 aromatic rings. The van der Waals surface area contributed by atoms with Gasteiger partial charge in [0.2, 0.25) is 0 Å². The van der Waals surface area contributed by atoms with Gasteiger partial charge in [-0.3, -0.25) is 4.90 Å². The van der Waals surface area contributed by atoms with E-state index >= 15 is 0 Å². The Bertz CT molecular complexity index is 5610. The van der Waals surface area contributed by atoms with Crippen molar-refractivity contribution in [3.63, 3.8) is 0 Å². The van der Waals surface area contributed by atoms with Gasteiger partial charge in [-0.05, 0) is 225 Å². The standard InChI is InChI=1S/C32H37ClN4O3S.C26H24Cl2N2O3S.C21H21BrClNO3S.C5H3ClN.3C4H9.Sn/c1-19(2)36-14-16-37(17-15-36)25-9-7-8-23(34-25)30-35-24-18-20(3)26(28(31(38)39)40-32(4,5)6)27(29(24)41-30)21-10-12-22(33)13-11-21;1-14-13-18-23(34-24(30-18)17-7-6-8-19(28)29-17)21(15-9-11-16(27)12-10-15)20(14)22(25(31)32-5)33-26(2,3)4;1-11-10-14-18(28-20(22)24-14)16(12-6-8-13(23)9-7-12)15(11)17(19(25)26-5)27-21(2,3)4;6-5-3-1-2-4-7-5;3*1-3-4-2;/h7-13,18-19,28H,14-17H2,1-6H3,(H,38,39);6-13,22H,1-5H3;6-10,17H,1-5H3;1-3H;3*1,3-4H2,2H3;/t28-;22-;17-;;;;;/m000...../s1. The van der Waals surface area contributed by atoms with Crippen LogP contribution in [-0.2, 0) is 38.1 Å². The van der Waals surface area contributed by atoms with Crippen LogP contribution in [0.15, 0.2) is 150 Å². The average molecular weight is 1990 g/mol. The number of ether oxygens (including phenoxy) is 5. The van der Waals surface area contributed by atoms with Gasteiger partial charge in [0, 0.05) is 80.7 Å². The van der Waals surface area contributed by atoms with Crippen LogP contribution >= 0.6 is 108 Å². The Morgan fingerprint density at radius 2 is 0.829 bits per heavy atom. The molecule has 0 radical (unpaired) electrons. The van der Waals surface area contributed by atoms with Crippen LogP contribution in [0, 0.1) is 20.8 Å². The zero-order valence-electron chi connectivity index (χ0n) is 73.6. The molecule has 0 unspecified atom stereocenters. The van der Waals surface area contributed by atoms with Crippen LogP contribution < -0.4 is 8.61 Å². The van der Waals surface area contributed by atoms with Crippen molar-refractivity contribution in [3.05, 3.63) is 208 Å². The number of fused-ring (bicyclic) bond motifs is 3. The summed E-state index contributed by atoms with van der Waals surface area (Å²) in [5.41, 5.74) is 12.2. The van der Waals surface area contributed by atoms with E-state index in [1.165, 1.54) is 104 Å². The molecule has 0 aliphatic carbocycles. The molecule has 17 nitrogen and oxygen atoms in total. The number of carboxylic acids is 1. The fourth-order valence-corrected chi connectivity index (χ4v) is 35.3. The van der Waals surface area contributed by atoms with Crippen molar-refractivity contribution in [1.29, 1.82) is 0 Å². The van der Waals surface area contributed by atoms with Gasteiger partial charge in [-0.15, -0.1) is 34.0 Å². The van der Waals surface area contributed by atoms with Crippen molar-refractivity contribution in [2.24, 2.45) is 0 Å². The van der Waals surface area contributed by atoms with E-state index in [2.05, 4.69) is 88.5 Å². The van der Waals surface area contributed by atoms with E-state index in [1.807, 2.05) is 204 Å². The number of carbonyl (C=O) groups is 3. The van der Waals surface area contributed by atoms with Gasteiger partial charge in [0.05, 0.1) is 61.7 Å². The smallest absolute Gasteiger partial charge is 0.339 e. The van der Waals surface area contributed by atoms with E-state index in [0.717, 1.165) is 143 Å². The summed E-state index contributed by atoms with van der Waals surface area (Å²) in [6.07, 6.45) is 5.09. The first-order valence-corrected chi connectivity index (χ1v) is 54.3. The number of anilines is 1. The zero-order valence-corrected chi connectivity index (χ0v) is 84.3. The van der Waals surface area contributed by atoms with Crippen molar-refractivity contribution < 1.29 is 43.2 Å². The van der Waals surface area contributed by atoms with Crippen LogP contribution in [0.3, 0.4) is 0 Å². The molecule has 0 saturated carbocycles. The third-order valence-electron chi connectivity index (χ3n) is 21.0. The Balaban J connectivity index is 0.000000177. The Morgan fingerprint density at radius 3 is 1.20 bits per heavy atom. The second kappa shape index (κ2) is 43.8. The number of unbranched alkanes of at least 4 members (excludes halogenated alkanes) is 3. The van der Waals surface area contributed by atoms with Crippen molar-refractivity contribution in [2.75, 3.05) is 45.3 Å². The number of nitrogens with zero attached hydrogens (tertiary/aromatic N) is 8. The number of carboxylic acid groups (broad SMARTS) is 1. The summed E-state index contributed by atoms with van der Waals surface area (Å²) in [7, 11) is 2.74. The first kappa shape index (κ1) is 98.4. The number of hydrogen-bond acceptors (Lipinski definition) is 19. The maximum atomic E-state index is 13.0. The van der Waals surface area contributed by atoms with E-state index in [4.69, 9.17) is 102 Å². The van der Waals surface area contributed by atoms with E-state index in [-0.39, 0.29) is 0 Å². The second-order valence-corrected chi connectivity index (χ2v) is 53.4. The predicted molar refractivity (Wildman–Crippen MR) is 519 cm³/mol. The number of aliphatic carboxylic acids is 1. The molecule has 6 aromatic heterocycles. The summed E-state index contributed by atoms with van der Waals surface area (Å²) in [6, 6.07) is 46.9. The molecule has 7 heterocycles. The van der Waals surface area contributed by atoms with Crippen LogP contribution in [-0.4, -0.2) is 139 Å². The molecule has 27 heteroatoms. The maximum absolute atomic E-state index is 13.0. The Hall–Kier alpha value is -6.78. The molecule has 6 aromatic carbocycles. The number of benzene rings is 6. The van der Waals surface area contributed by atoms with Gasteiger partial charge < -0.3 is 33.7 Å². The minimum atomic E-state index is -2.33. The number of esters is 2. The number of piperazine rings is 1. The summed E-state index contributed by atoms with van der Waals surface area (Å²) >= 11 is 36.5. The number of carbonyl (C=O) groups excluding carboxylic acids is 2. The normalized spacial score (nSPS) is 13.6. The van der Waals surface area contributed by atoms with Crippen LogP contribution in [0.2, 0.25) is 38.7 Å². The van der Waals surface area contributed by atoms with Gasteiger partial charge in [-0.25, -0.2) is 39.3 Å². The first-order valence-electron chi connectivity index (χ1n) is 41.7. The van der Waals surface area contributed by atoms with E-state index in [9.17, 15) is 19.5 Å². The van der Waals surface area contributed by atoms with Gasteiger partial charge in [-0.1, -0.05) is 94.9 Å². The van der Waals surface area contributed by atoms with Crippen molar-refractivity contribution in [2.45, 2.75) is 211 Å². The Labute approximate surface area is 774 Å². The number of aryl methyl sites for hydroxylation is 3. The molecular weight excluding hydrogens is 1880 g/mol.